The van der Waals surface area contributed by atoms with Gasteiger partial charge >= 0.3 is 0 Å². The Morgan fingerprint density at radius 2 is 1.58 bits per heavy atom. The minimum atomic E-state index is -0.411. The molecule has 2 heterocycles. The Morgan fingerprint density at radius 1 is 0.833 bits per heavy atom. The molecule has 176 valence electrons. The highest BCUT2D eigenvalue weighted by Crippen LogP contribution is 2.34. The fourth-order valence-electron chi connectivity index (χ4n) is 4.25. The molecular weight excluding hydrogens is 466 g/mol. The monoisotopic (exact) mass is 489 g/mol. The van der Waals surface area contributed by atoms with Crippen molar-refractivity contribution in [3.05, 3.63) is 149 Å². The van der Waals surface area contributed by atoms with Gasteiger partial charge in [0, 0.05) is 46.2 Å². The largest absolute Gasteiger partial charge is 0.366 e. The fraction of sp³-hybridized carbons (Fsp3) is 0.0323. The Morgan fingerprint density at radius 3 is 2.36 bits per heavy atom. The lowest BCUT2D eigenvalue weighted by molar-refractivity contribution is 0.100. The molecule has 36 heavy (non-hydrogen) atoms. The van der Waals surface area contributed by atoms with Gasteiger partial charge < -0.3 is 10.6 Å². The van der Waals surface area contributed by atoms with E-state index in [2.05, 4.69) is 76.7 Å². The van der Waals surface area contributed by atoms with Crippen molar-refractivity contribution < 1.29 is 4.79 Å². The number of carbonyl (C=O) groups excluding carboxylic acids is 1. The zero-order chi connectivity index (χ0) is 24.9. The van der Waals surface area contributed by atoms with Gasteiger partial charge in [-0.2, -0.15) is 0 Å². The van der Waals surface area contributed by atoms with Gasteiger partial charge in [-0.25, -0.2) is 0 Å². The number of rotatable bonds is 3. The molecule has 0 radical (unpaired) electrons. The first-order valence-corrected chi connectivity index (χ1v) is 12.0. The number of halogens is 1. The van der Waals surface area contributed by atoms with E-state index in [1.54, 1.807) is 24.4 Å². The summed E-state index contributed by atoms with van der Waals surface area (Å²) in [5, 5.41) is 1.69. The van der Waals surface area contributed by atoms with Crippen molar-refractivity contribution in [2.24, 2.45) is 5.73 Å². The summed E-state index contributed by atoms with van der Waals surface area (Å²) in [7, 11) is 0. The van der Waals surface area contributed by atoms with Gasteiger partial charge in [-0.15, -0.1) is 0 Å². The Hall–Kier alpha value is -4.41. The highest BCUT2D eigenvalue weighted by molar-refractivity contribution is 6.30. The van der Waals surface area contributed by atoms with Crippen molar-refractivity contribution in [3.63, 3.8) is 0 Å². The SMILES string of the molecule is Clc1ccc(C2=CN(c3ccccc3)Cc3ccccc32)cc1.NC(=O)c1ccc2ncccc2c1. The molecule has 2 N–H and O–H groups in total. The van der Waals surface area contributed by atoms with Gasteiger partial charge in [0.15, 0.2) is 0 Å². The average molecular weight is 490 g/mol. The molecule has 0 bridgehead atoms. The summed E-state index contributed by atoms with van der Waals surface area (Å²) in [6, 6.07) is 36.1. The summed E-state index contributed by atoms with van der Waals surface area (Å²) in [5.41, 5.74) is 12.8. The third-order valence-corrected chi connectivity index (χ3v) is 6.32. The second-order valence-electron chi connectivity index (χ2n) is 8.45. The van der Waals surface area contributed by atoms with Crippen LogP contribution in [0.25, 0.3) is 16.5 Å². The summed E-state index contributed by atoms with van der Waals surface area (Å²) in [5.74, 6) is -0.411. The molecule has 0 unspecified atom stereocenters. The Labute approximate surface area is 215 Å². The number of nitrogens with zero attached hydrogens (tertiary/aromatic N) is 2. The van der Waals surface area contributed by atoms with Crippen molar-refractivity contribution in [2.45, 2.75) is 6.54 Å². The summed E-state index contributed by atoms with van der Waals surface area (Å²) in [6.07, 6.45) is 3.95. The second-order valence-corrected chi connectivity index (χ2v) is 8.88. The van der Waals surface area contributed by atoms with Crippen LogP contribution < -0.4 is 10.6 Å². The van der Waals surface area contributed by atoms with Crippen LogP contribution in [0, 0.1) is 0 Å². The Kier molecular flexibility index (Phi) is 6.78. The van der Waals surface area contributed by atoms with E-state index < -0.39 is 5.91 Å². The maximum absolute atomic E-state index is 10.8. The van der Waals surface area contributed by atoms with Crippen LogP contribution >= 0.6 is 11.6 Å². The number of fused-ring (bicyclic) bond motifs is 2. The fourth-order valence-corrected chi connectivity index (χ4v) is 4.38. The molecular formula is C31H24ClN3O. The van der Waals surface area contributed by atoms with Crippen molar-refractivity contribution in [2.75, 3.05) is 4.90 Å². The van der Waals surface area contributed by atoms with E-state index in [0.717, 1.165) is 22.5 Å². The van der Waals surface area contributed by atoms with Crippen LogP contribution in [0.3, 0.4) is 0 Å². The van der Waals surface area contributed by atoms with Crippen LogP contribution in [0.1, 0.15) is 27.0 Å². The molecule has 1 aromatic heterocycles. The Bertz CT molecular complexity index is 1550. The molecule has 5 aromatic rings. The smallest absolute Gasteiger partial charge is 0.248 e. The van der Waals surface area contributed by atoms with E-state index >= 15 is 0 Å². The highest BCUT2D eigenvalue weighted by Gasteiger charge is 2.19. The summed E-state index contributed by atoms with van der Waals surface area (Å²) in [6.45, 7) is 0.886. The van der Waals surface area contributed by atoms with Crippen molar-refractivity contribution >= 4 is 39.7 Å². The predicted octanol–water partition coefficient (Wildman–Crippen LogP) is 7.08. The molecule has 5 heteroatoms. The van der Waals surface area contributed by atoms with Crippen LogP contribution in [0.4, 0.5) is 5.69 Å². The van der Waals surface area contributed by atoms with Gasteiger partial charge in [-0.05, 0) is 65.2 Å². The zero-order valence-electron chi connectivity index (χ0n) is 19.5. The van der Waals surface area contributed by atoms with Crippen LogP contribution in [0.15, 0.2) is 122 Å². The van der Waals surface area contributed by atoms with E-state index in [0.29, 0.717) is 5.56 Å². The first-order chi connectivity index (χ1) is 17.6. The molecule has 0 aliphatic carbocycles. The molecule has 6 rings (SSSR count). The third-order valence-electron chi connectivity index (χ3n) is 6.06. The van der Waals surface area contributed by atoms with Crippen LogP contribution in [-0.4, -0.2) is 10.9 Å². The number of hydrogen-bond acceptors (Lipinski definition) is 3. The standard InChI is InChI=1S/C21H16ClN.C10H8N2O/c22-18-12-10-16(11-13-18)21-15-23(19-7-2-1-3-8-19)14-17-6-4-5-9-20(17)21;11-10(13)8-3-4-9-7(6-8)2-1-5-12-9/h1-13,15H,14H2;1-6H,(H2,11,13). The highest BCUT2D eigenvalue weighted by atomic mass is 35.5. The van der Waals surface area contributed by atoms with Gasteiger partial charge in [0.1, 0.15) is 0 Å². The first-order valence-electron chi connectivity index (χ1n) is 11.6. The van der Waals surface area contributed by atoms with Crippen LogP contribution in [-0.2, 0) is 6.54 Å². The van der Waals surface area contributed by atoms with Crippen molar-refractivity contribution in [1.82, 2.24) is 4.98 Å². The number of para-hydroxylation sites is 1. The Balaban J connectivity index is 0.000000174. The van der Waals surface area contributed by atoms with Crippen molar-refractivity contribution in [1.29, 1.82) is 0 Å². The number of pyridine rings is 1. The van der Waals surface area contributed by atoms with E-state index in [1.165, 1.54) is 28.0 Å². The molecule has 0 spiro atoms. The molecule has 0 saturated heterocycles. The number of primary amides is 1. The van der Waals surface area contributed by atoms with Gasteiger partial charge in [0.05, 0.1) is 5.52 Å². The lowest BCUT2D eigenvalue weighted by Gasteiger charge is -2.29. The van der Waals surface area contributed by atoms with Gasteiger partial charge in [0.25, 0.3) is 0 Å². The third kappa shape index (κ3) is 5.14. The summed E-state index contributed by atoms with van der Waals surface area (Å²) < 4.78 is 0. The van der Waals surface area contributed by atoms with E-state index in [9.17, 15) is 4.79 Å². The number of benzene rings is 4. The summed E-state index contributed by atoms with van der Waals surface area (Å²) >= 11 is 6.05. The molecule has 4 nitrogen and oxygen atoms in total. The minimum absolute atomic E-state index is 0.411. The number of anilines is 1. The van der Waals surface area contributed by atoms with Gasteiger partial charge in [-0.3, -0.25) is 9.78 Å². The topological polar surface area (TPSA) is 59.2 Å². The number of carbonyl (C=O) groups is 1. The maximum atomic E-state index is 10.8. The second kappa shape index (κ2) is 10.5. The molecule has 0 atom stereocenters. The maximum Gasteiger partial charge on any atom is 0.248 e. The number of amides is 1. The normalized spacial score (nSPS) is 12.2. The quantitative estimate of drug-likeness (QED) is 0.294. The number of hydrogen-bond donors (Lipinski definition) is 1. The summed E-state index contributed by atoms with van der Waals surface area (Å²) in [4.78, 5) is 17.3. The molecule has 0 fully saturated rings. The molecule has 1 aliphatic rings. The number of aromatic nitrogens is 1. The molecule has 0 saturated carbocycles. The molecule has 4 aromatic carbocycles. The zero-order valence-corrected chi connectivity index (χ0v) is 20.3. The first kappa shape index (κ1) is 23.3. The minimum Gasteiger partial charge on any atom is -0.366 e. The lowest BCUT2D eigenvalue weighted by atomic mass is 9.91. The van der Waals surface area contributed by atoms with E-state index in [-0.39, 0.29) is 0 Å². The molecule has 1 amide bonds. The average Bonchev–Trinajstić information content (AvgIpc) is 2.93. The predicted molar refractivity (Wildman–Crippen MR) is 148 cm³/mol. The molecule has 1 aliphatic heterocycles. The number of nitrogens with two attached hydrogens (primary N) is 1. The van der Waals surface area contributed by atoms with E-state index in [1.807, 2.05) is 30.3 Å². The van der Waals surface area contributed by atoms with E-state index in [4.69, 9.17) is 17.3 Å². The van der Waals surface area contributed by atoms with Gasteiger partial charge in [0.2, 0.25) is 5.91 Å². The van der Waals surface area contributed by atoms with Crippen LogP contribution in [0.2, 0.25) is 5.02 Å². The lowest BCUT2D eigenvalue weighted by Crippen LogP contribution is -2.21. The van der Waals surface area contributed by atoms with Gasteiger partial charge in [-0.1, -0.05) is 72.3 Å². The van der Waals surface area contributed by atoms with Crippen LogP contribution in [0.5, 0.6) is 0 Å². The van der Waals surface area contributed by atoms with Crippen molar-refractivity contribution in [3.8, 4) is 0 Å².